The van der Waals surface area contributed by atoms with Crippen molar-refractivity contribution in [3.05, 3.63) is 90.5 Å². The molecule has 0 saturated heterocycles. The summed E-state index contributed by atoms with van der Waals surface area (Å²) in [6.07, 6.45) is 5.74. The molecular formula is C35H35N3S. The van der Waals surface area contributed by atoms with Gasteiger partial charge in [-0.3, -0.25) is 4.98 Å². The Labute approximate surface area is 235 Å². The molecule has 0 spiro atoms. The first-order valence-corrected chi connectivity index (χ1v) is 14.5. The minimum atomic E-state index is 0.206. The molecule has 0 aliphatic rings. The second kappa shape index (κ2) is 9.53. The van der Waals surface area contributed by atoms with Crippen LogP contribution in [0.5, 0.6) is 0 Å². The second-order valence-corrected chi connectivity index (χ2v) is 14.1. The molecule has 6 rings (SSSR count). The van der Waals surface area contributed by atoms with Gasteiger partial charge in [-0.15, -0.1) is 11.3 Å². The van der Waals surface area contributed by atoms with Crippen molar-refractivity contribution in [2.45, 2.75) is 54.4 Å². The SMILES string of the molecule is CC(C)(C)Cc1ccc2c(c1)sc1c(-c3cc(-c4ccc(CC(C)(C)C)nc4)c4ccccc4c3)ncnc12. The monoisotopic (exact) mass is 529 g/mol. The van der Waals surface area contributed by atoms with Crippen LogP contribution in [-0.2, 0) is 12.8 Å². The molecule has 3 heterocycles. The molecule has 0 atom stereocenters. The van der Waals surface area contributed by atoms with Crippen LogP contribution in [0.4, 0.5) is 0 Å². The second-order valence-electron chi connectivity index (χ2n) is 13.1. The minimum Gasteiger partial charge on any atom is -0.261 e. The van der Waals surface area contributed by atoms with E-state index in [1.807, 2.05) is 6.20 Å². The van der Waals surface area contributed by atoms with Gasteiger partial charge in [0.2, 0.25) is 0 Å². The first kappa shape index (κ1) is 25.6. The predicted molar refractivity (Wildman–Crippen MR) is 167 cm³/mol. The zero-order chi connectivity index (χ0) is 27.4. The number of nitrogens with zero attached hydrogens (tertiary/aromatic N) is 3. The predicted octanol–water partition coefficient (Wildman–Crippen LogP) is 9.90. The van der Waals surface area contributed by atoms with Gasteiger partial charge in [-0.05, 0) is 69.8 Å². The van der Waals surface area contributed by atoms with Crippen molar-refractivity contribution in [3.63, 3.8) is 0 Å². The molecule has 3 aromatic carbocycles. The Morgan fingerprint density at radius 1 is 0.692 bits per heavy atom. The van der Waals surface area contributed by atoms with Crippen LogP contribution < -0.4 is 0 Å². The summed E-state index contributed by atoms with van der Waals surface area (Å²) in [5.74, 6) is 0. The summed E-state index contributed by atoms with van der Waals surface area (Å²) in [7, 11) is 0. The van der Waals surface area contributed by atoms with E-state index in [1.54, 1.807) is 17.7 Å². The Balaban J connectivity index is 1.50. The molecule has 6 aromatic rings. The standard InChI is InChI=1S/C35H35N3S/c1-34(2,3)18-22-11-14-28-30(15-22)39-33-31(37-21-38-32(28)33)25-16-23-9-7-8-10-27(23)29(17-25)24-12-13-26(36-20-24)19-35(4,5)6/h7-17,20-21H,18-19H2,1-6H3. The lowest BCUT2D eigenvalue weighted by molar-refractivity contribution is 0.406. The zero-order valence-corrected chi connectivity index (χ0v) is 24.5. The highest BCUT2D eigenvalue weighted by molar-refractivity contribution is 7.26. The molecule has 0 fully saturated rings. The van der Waals surface area contributed by atoms with E-state index in [0.29, 0.717) is 0 Å². The molecular weight excluding hydrogens is 494 g/mol. The average Bonchev–Trinajstić information content (AvgIpc) is 3.24. The maximum atomic E-state index is 4.84. The van der Waals surface area contributed by atoms with Crippen molar-refractivity contribution in [1.29, 1.82) is 0 Å². The maximum Gasteiger partial charge on any atom is 0.116 e. The normalized spacial score (nSPS) is 12.6. The smallest absolute Gasteiger partial charge is 0.116 e. The lowest BCUT2D eigenvalue weighted by atomic mass is 9.88. The van der Waals surface area contributed by atoms with Gasteiger partial charge in [0.1, 0.15) is 6.33 Å². The number of benzene rings is 3. The van der Waals surface area contributed by atoms with Crippen molar-refractivity contribution in [2.75, 3.05) is 0 Å². The Hall–Kier alpha value is -3.63. The number of aromatic nitrogens is 3. The van der Waals surface area contributed by atoms with Crippen LogP contribution in [0.3, 0.4) is 0 Å². The van der Waals surface area contributed by atoms with Gasteiger partial charge >= 0.3 is 0 Å². The topological polar surface area (TPSA) is 38.7 Å². The van der Waals surface area contributed by atoms with Crippen molar-refractivity contribution in [3.8, 4) is 22.4 Å². The van der Waals surface area contributed by atoms with Crippen LogP contribution in [0, 0.1) is 10.8 Å². The summed E-state index contributed by atoms with van der Waals surface area (Å²) in [6.45, 7) is 13.6. The molecule has 0 amide bonds. The molecule has 0 N–H and O–H groups in total. The van der Waals surface area contributed by atoms with Gasteiger partial charge < -0.3 is 0 Å². The van der Waals surface area contributed by atoms with Crippen molar-refractivity contribution in [2.24, 2.45) is 10.8 Å². The fraction of sp³-hybridized carbons (Fsp3) is 0.286. The molecule has 4 heteroatoms. The van der Waals surface area contributed by atoms with Gasteiger partial charge in [0.15, 0.2) is 0 Å². The molecule has 3 nitrogen and oxygen atoms in total. The molecule has 39 heavy (non-hydrogen) atoms. The molecule has 196 valence electrons. The Kier molecular flexibility index (Phi) is 6.27. The lowest BCUT2D eigenvalue weighted by Crippen LogP contribution is -2.10. The Bertz CT molecular complexity index is 1820. The maximum absolute atomic E-state index is 4.84. The van der Waals surface area contributed by atoms with E-state index in [2.05, 4.69) is 108 Å². The highest BCUT2D eigenvalue weighted by Crippen LogP contribution is 2.41. The van der Waals surface area contributed by atoms with Crippen molar-refractivity contribution in [1.82, 2.24) is 15.0 Å². The van der Waals surface area contributed by atoms with E-state index in [0.717, 1.165) is 45.6 Å². The molecule has 0 bridgehead atoms. The summed E-state index contributed by atoms with van der Waals surface area (Å²) < 4.78 is 2.41. The van der Waals surface area contributed by atoms with E-state index in [9.17, 15) is 0 Å². The third-order valence-electron chi connectivity index (χ3n) is 7.03. The van der Waals surface area contributed by atoms with Gasteiger partial charge in [-0.25, -0.2) is 9.97 Å². The molecule has 0 radical (unpaired) electrons. The lowest BCUT2D eigenvalue weighted by Gasteiger charge is -2.17. The Morgan fingerprint density at radius 2 is 1.49 bits per heavy atom. The number of thiophene rings is 1. The average molecular weight is 530 g/mol. The third-order valence-corrected chi connectivity index (χ3v) is 8.18. The number of pyridine rings is 1. The largest absolute Gasteiger partial charge is 0.261 e. The fourth-order valence-electron chi connectivity index (χ4n) is 5.46. The third kappa shape index (κ3) is 5.31. The highest BCUT2D eigenvalue weighted by Gasteiger charge is 2.18. The number of hydrogen-bond acceptors (Lipinski definition) is 4. The summed E-state index contributed by atoms with van der Waals surface area (Å²) in [5.41, 5.74) is 8.38. The fourth-order valence-corrected chi connectivity index (χ4v) is 6.70. The van der Waals surface area contributed by atoms with Gasteiger partial charge in [-0.1, -0.05) is 84.0 Å². The van der Waals surface area contributed by atoms with Gasteiger partial charge in [0.25, 0.3) is 0 Å². The highest BCUT2D eigenvalue weighted by atomic mass is 32.1. The van der Waals surface area contributed by atoms with Crippen LogP contribution in [0.2, 0.25) is 0 Å². The van der Waals surface area contributed by atoms with Crippen LogP contribution >= 0.6 is 11.3 Å². The number of fused-ring (bicyclic) bond motifs is 4. The molecule has 0 aliphatic carbocycles. The molecule has 0 unspecified atom stereocenters. The van der Waals surface area contributed by atoms with E-state index < -0.39 is 0 Å². The van der Waals surface area contributed by atoms with Crippen LogP contribution in [-0.4, -0.2) is 15.0 Å². The van der Waals surface area contributed by atoms with E-state index in [4.69, 9.17) is 15.0 Å². The number of rotatable bonds is 4. The van der Waals surface area contributed by atoms with Gasteiger partial charge in [0.05, 0.1) is 15.9 Å². The Morgan fingerprint density at radius 3 is 2.23 bits per heavy atom. The van der Waals surface area contributed by atoms with Crippen LogP contribution in [0.1, 0.15) is 52.8 Å². The van der Waals surface area contributed by atoms with E-state index in [-0.39, 0.29) is 10.8 Å². The van der Waals surface area contributed by atoms with Gasteiger partial charge in [-0.2, -0.15) is 0 Å². The van der Waals surface area contributed by atoms with Crippen LogP contribution in [0.25, 0.3) is 53.5 Å². The summed E-state index contributed by atoms with van der Waals surface area (Å²) in [6, 6.07) is 24.4. The van der Waals surface area contributed by atoms with Crippen LogP contribution in [0.15, 0.2) is 79.3 Å². The van der Waals surface area contributed by atoms with E-state index in [1.165, 1.54) is 32.0 Å². The van der Waals surface area contributed by atoms with E-state index >= 15 is 0 Å². The summed E-state index contributed by atoms with van der Waals surface area (Å²) in [5, 5.41) is 3.63. The first-order chi connectivity index (χ1) is 18.5. The first-order valence-electron chi connectivity index (χ1n) is 13.7. The summed E-state index contributed by atoms with van der Waals surface area (Å²) in [4.78, 5) is 14.4. The molecule has 3 aromatic heterocycles. The molecule has 0 aliphatic heterocycles. The minimum absolute atomic E-state index is 0.206. The quantitative estimate of drug-likeness (QED) is 0.228. The van der Waals surface area contributed by atoms with Gasteiger partial charge in [0, 0.05) is 33.1 Å². The summed E-state index contributed by atoms with van der Waals surface area (Å²) >= 11 is 1.80. The number of hydrogen-bond donors (Lipinski definition) is 0. The van der Waals surface area contributed by atoms with Crippen molar-refractivity contribution < 1.29 is 0 Å². The van der Waals surface area contributed by atoms with Crippen molar-refractivity contribution >= 4 is 42.4 Å². The zero-order valence-electron chi connectivity index (χ0n) is 23.7. The molecule has 0 saturated carbocycles.